The van der Waals surface area contributed by atoms with E-state index in [1.165, 1.54) is 32.1 Å². The number of nitrogens with one attached hydrogen (secondary N) is 1. The van der Waals surface area contributed by atoms with E-state index in [1.54, 1.807) is 0 Å². The SMILES string of the molecule is NC1CCC(CC(=O)NC2CCCCC2)CC1. The van der Waals surface area contributed by atoms with Gasteiger partial charge in [-0.05, 0) is 44.4 Å². The molecule has 3 nitrogen and oxygen atoms in total. The van der Waals surface area contributed by atoms with Crippen LogP contribution in [0.1, 0.15) is 64.2 Å². The van der Waals surface area contributed by atoms with Crippen molar-refractivity contribution < 1.29 is 4.79 Å². The molecule has 2 aliphatic rings. The van der Waals surface area contributed by atoms with E-state index in [0.717, 1.165) is 32.1 Å². The summed E-state index contributed by atoms with van der Waals surface area (Å²) in [7, 11) is 0. The number of hydrogen-bond donors (Lipinski definition) is 2. The standard InChI is InChI=1S/C14H26N2O/c15-12-8-6-11(7-9-12)10-14(17)16-13-4-2-1-3-5-13/h11-13H,1-10,15H2,(H,16,17). The maximum absolute atomic E-state index is 11.9. The summed E-state index contributed by atoms with van der Waals surface area (Å²) < 4.78 is 0. The molecule has 0 atom stereocenters. The number of carbonyl (C=O) groups excluding carboxylic acids is 1. The Bertz CT molecular complexity index is 241. The maximum atomic E-state index is 11.9. The van der Waals surface area contributed by atoms with Crippen LogP contribution in [0.3, 0.4) is 0 Å². The van der Waals surface area contributed by atoms with Gasteiger partial charge >= 0.3 is 0 Å². The molecule has 0 spiro atoms. The van der Waals surface area contributed by atoms with Crippen LogP contribution in [-0.2, 0) is 4.79 Å². The molecule has 0 saturated heterocycles. The summed E-state index contributed by atoms with van der Waals surface area (Å²) in [4.78, 5) is 11.9. The third-order valence-electron chi connectivity index (χ3n) is 4.34. The molecule has 0 aromatic rings. The second kappa shape index (κ2) is 6.39. The van der Waals surface area contributed by atoms with Gasteiger partial charge in [-0.15, -0.1) is 0 Å². The zero-order valence-electron chi connectivity index (χ0n) is 10.8. The number of nitrogens with two attached hydrogens (primary N) is 1. The van der Waals surface area contributed by atoms with Crippen molar-refractivity contribution in [1.82, 2.24) is 5.32 Å². The molecule has 0 aromatic heterocycles. The topological polar surface area (TPSA) is 55.1 Å². The molecule has 1 amide bonds. The van der Waals surface area contributed by atoms with Gasteiger partial charge in [0.05, 0.1) is 0 Å². The second-order valence-electron chi connectivity index (χ2n) is 5.89. The van der Waals surface area contributed by atoms with Gasteiger partial charge in [-0.3, -0.25) is 4.79 Å². The number of amides is 1. The molecule has 17 heavy (non-hydrogen) atoms. The van der Waals surface area contributed by atoms with Gasteiger partial charge in [-0.2, -0.15) is 0 Å². The first kappa shape index (κ1) is 12.9. The lowest BCUT2D eigenvalue weighted by Crippen LogP contribution is -2.37. The quantitative estimate of drug-likeness (QED) is 0.793. The summed E-state index contributed by atoms with van der Waals surface area (Å²) in [5.41, 5.74) is 5.88. The van der Waals surface area contributed by atoms with Crippen LogP contribution >= 0.6 is 0 Å². The summed E-state index contributed by atoms with van der Waals surface area (Å²) >= 11 is 0. The van der Waals surface area contributed by atoms with Crippen LogP contribution in [0.25, 0.3) is 0 Å². The molecule has 0 radical (unpaired) electrons. The largest absolute Gasteiger partial charge is 0.353 e. The minimum atomic E-state index is 0.275. The lowest BCUT2D eigenvalue weighted by atomic mass is 9.84. The van der Waals surface area contributed by atoms with Crippen molar-refractivity contribution in [2.45, 2.75) is 76.3 Å². The van der Waals surface area contributed by atoms with Gasteiger partial charge in [0.15, 0.2) is 0 Å². The van der Waals surface area contributed by atoms with Crippen molar-refractivity contribution in [2.24, 2.45) is 11.7 Å². The normalized spacial score (nSPS) is 31.1. The first-order chi connectivity index (χ1) is 8.24. The number of rotatable bonds is 3. The molecular formula is C14H26N2O. The van der Waals surface area contributed by atoms with Gasteiger partial charge in [0, 0.05) is 18.5 Å². The molecule has 0 aromatic carbocycles. The molecule has 3 N–H and O–H groups in total. The van der Waals surface area contributed by atoms with E-state index in [9.17, 15) is 4.79 Å². The zero-order chi connectivity index (χ0) is 12.1. The van der Waals surface area contributed by atoms with E-state index in [0.29, 0.717) is 18.0 Å². The van der Waals surface area contributed by atoms with Crippen LogP contribution in [0.5, 0.6) is 0 Å². The highest BCUT2D eigenvalue weighted by atomic mass is 16.1. The van der Waals surface area contributed by atoms with Gasteiger partial charge in [0.25, 0.3) is 0 Å². The van der Waals surface area contributed by atoms with Gasteiger partial charge in [0.2, 0.25) is 5.91 Å². The smallest absolute Gasteiger partial charge is 0.220 e. The molecule has 98 valence electrons. The van der Waals surface area contributed by atoms with Crippen LogP contribution in [0.4, 0.5) is 0 Å². The average molecular weight is 238 g/mol. The highest BCUT2D eigenvalue weighted by Gasteiger charge is 2.22. The minimum Gasteiger partial charge on any atom is -0.353 e. The van der Waals surface area contributed by atoms with Crippen LogP contribution in [-0.4, -0.2) is 18.0 Å². The van der Waals surface area contributed by atoms with E-state index in [-0.39, 0.29) is 5.91 Å². The monoisotopic (exact) mass is 238 g/mol. The Hall–Kier alpha value is -0.570. The lowest BCUT2D eigenvalue weighted by Gasteiger charge is -2.27. The first-order valence-corrected chi connectivity index (χ1v) is 7.29. The molecular weight excluding hydrogens is 212 g/mol. The molecule has 2 saturated carbocycles. The average Bonchev–Trinajstić information content (AvgIpc) is 2.33. The number of carbonyl (C=O) groups is 1. The Morgan fingerprint density at radius 2 is 1.65 bits per heavy atom. The Morgan fingerprint density at radius 1 is 1.00 bits per heavy atom. The van der Waals surface area contributed by atoms with Crippen molar-refractivity contribution in [3.8, 4) is 0 Å². The van der Waals surface area contributed by atoms with Crippen LogP contribution in [0.15, 0.2) is 0 Å². The van der Waals surface area contributed by atoms with Crippen molar-refractivity contribution in [3.63, 3.8) is 0 Å². The van der Waals surface area contributed by atoms with Crippen LogP contribution in [0, 0.1) is 5.92 Å². The van der Waals surface area contributed by atoms with Crippen LogP contribution in [0.2, 0.25) is 0 Å². The third kappa shape index (κ3) is 4.30. The lowest BCUT2D eigenvalue weighted by molar-refractivity contribution is -0.123. The van der Waals surface area contributed by atoms with E-state index in [2.05, 4.69) is 5.32 Å². The zero-order valence-corrected chi connectivity index (χ0v) is 10.8. The molecule has 2 fully saturated rings. The molecule has 0 heterocycles. The molecule has 0 aliphatic heterocycles. The summed E-state index contributed by atoms with van der Waals surface area (Å²) in [6, 6.07) is 0.842. The fourth-order valence-corrected chi connectivity index (χ4v) is 3.19. The molecule has 0 bridgehead atoms. The minimum absolute atomic E-state index is 0.275. The molecule has 0 unspecified atom stereocenters. The highest BCUT2D eigenvalue weighted by Crippen LogP contribution is 2.26. The van der Waals surface area contributed by atoms with E-state index in [1.807, 2.05) is 0 Å². The summed E-state index contributed by atoms with van der Waals surface area (Å²) in [5.74, 6) is 0.857. The van der Waals surface area contributed by atoms with E-state index in [4.69, 9.17) is 5.73 Å². The van der Waals surface area contributed by atoms with Crippen molar-refractivity contribution in [2.75, 3.05) is 0 Å². The first-order valence-electron chi connectivity index (χ1n) is 7.29. The summed E-state index contributed by atoms with van der Waals surface area (Å²) in [5, 5.41) is 3.21. The molecule has 2 aliphatic carbocycles. The predicted molar refractivity (Wildman–Crippen MR) is 69.6 cm³/mol. The van der Waals surface area contributed by atoms with Crippen molar-refractivity contribution in [3.05, 3.63) is 0 Å². The Balaban J connectivity index is 1.66. The maximum Gasteiger partial charge on any atom is 0.220 e. The van der Waals surface area contributed by atoms with Gasteiger partial charge in [-0.25, -0.2) is 0 Å². The van der Waals surface area contributed by atoms with Gasteiger partial charge < -0.3 is 11.1 Å². The van der Waals surface area contributed by atoms with Crippen molar-refractivity contribution >= 4 is 5.91 Å². The predicted octanol–water partition coefficient (Wildman–Crippen LogP) is 2.34. The fraction of sp³-hybridized carbons (Fsp3) is 0.929. The third-order valence-corrected chi connectivity index (χ3v) is 4.34. The molecule has 2 rings (SSSR count). The summed E-state index contributed by atoms with van der Waals surface area (Å²) in [6.45, 7) is 0. The Morgan fingerprint density at radius 3 is 2.29 bits per heavy atom. The Labute approximate surface area is 105 Å². The second-order valence-corrected chi connectivity index (χ2v) is 5.89. The fourth-order valence-electron chi connectivity index (χ4n) is 3.19. The van der Waals surface area contributed by atoms with Gasteiger partial charge in [0.1, 0.15) is 0 Å². The summed E-state index contributed by atoms with van der Waals surface area (Å²) in [6.07, 6.45) is 11.5. The number of hydrogen-bond acceptors (Lipinski definition) is 2. The van der Waals surface area contributed by atoms with E-state index < -0.39 is 0 Å². The van der Waals surface area contributed by atoms with E-state index >= 15 is 0 Å². The van der Waals surface area contributed by atoms with Crippen LogP contribution < -0.4 is 11.1 Å². The van der Waals surface area contributed by atoms with Crippen molar-refractivity contribution in [1.29, 1.82) is 0 Å². The molecule has 3 heteroatoms. The van der Waals surface area contributed by atoms with Gasteiger partial charge in [-0.1, -0.05) is 19.3 Å². The Kier molecular flexibility index (Phi) is 4.84. The highest BCUT2D eigenvalue weighted by molar-refractivity contribution is 5.76.